The molecule has 6 nitrogen and oxygen atoms in total. The van der Waals surface area contributed by atoms with Crippen molar-refractivity contribution in [3.8, 4) is 0 Å². The molecule has 2 saturated heterocycles. The Kier molecular flexibility index (Phi) is 4.44. The van der Waals surface area contributed by atoms with Gasteiger partial charge in [-0.1, -0.05) is 24.3 Å². The minimum atomic E-state index is -1.01. The fourth-order valence-corrected chi connectivity index (χ4v) is 5.08. The molecule has 4 rings (SSSR count). The number of piperidine rings is 1. The van der Waals surface area contributed by atoms with Crippen LogP contribution in [0.4, 0.5) is 4.79 Å². The van der Waals surface area contributed by atoms with Gasteiger partial charge in [-0.05, 0) is 63.5 Å². The van der Waals surface area contributed by atoms with Gasteiger partial charge in [-0.3, -0.25) is 14.5 Å². The Labute approximate surface area is 159 Å². The van der Waals surface area contributed by atoms with E-state index < -0.39 is 11.6 Å². The van der Waals surface area contributed by atoms with Crippen molar-refractivity contribution < 1.29 is 14.4 Å². The van der Waals surface area contributed by atoms with E-state index in [1.165, 1.54) is 0 Å². The third-order valence-electron chi connectivity index (χ3n) is 6.43. The van der Waals surface area contributed by atoms with E-state index in [2.05, 4.69) is 5.32 Å². The first-order valence-corrected chi connectivity index (χ1v) is 9.98. The summed E-state index contributed by atoms with van der Waals surface area (Å²) in [6.07, 6.45) is 5.36. The van der Waals surface area contributed by atoms with Crippen molar-refractivity contribution in [2.24, 2.45) is 0 Å². The lowest BCUT2D eigenvalue weighted by Crippen LogP contribution is -2.52. The fourth-order valence-electron chi connectivity index (χ4n) is 5.08. The van der Waals surface area contributed by atoms with E-state index in [9.17, 15) is 14.4 Å². The molecule has 3 atom stereocenters. The number of benzene rings is 1. The summed E-state index contributed by atoms with van der Waals surface area (Å²) in [5, 5.41) is 2.92. The lowest BCUT2D eigenvalue weighted by Gasteiger charge is -2.39. The smallest absolute Gasteiger partial charge is 0.325 e. The Morgan fingerprint density at radius 2 is 1.85 bits per heavy atom. The van der Waals surface area contributed by atoms with Gasteiger partial charge in [-0.2, -0.15) is 0 Å². The van der Waals surface area contributed by atoms with Crippen LogP contribution in [0.3, 0.4) is 0 Å². The van der Waals surface area contributed by atoms with E-state index in [0.717, 1.165) is 48.1 Å². The average molecular weight is 369 g/mol. The van der Waals surface area contributed by atoms with Crippen molar-refractivity contribution in [3.63, 3.8) is 0 Å². The minimum Gasteiger partial charge on any atom is -0.336 e. The molecule has 144 valence electrons. The number of urea groups is 1. The summed E-state index contributed by atoms with van der Waals surface area (Å²) in [5.74, 6) is -0.426. The lowest BCUT2D eigenvalue weighted by molar-refractivity contribution is -0.143. The molecule has 3 aliphatic rings. The van der Waals surface area contributed by atoms with Crippen LogP contribution in [0.5, 0.6) is 0 Å². The van der Waals surface area contributed by atoms with Gasteiger partial charge in [0.05, 0.1) is 0 Å². The molecule has 0 aromatic heterocycles. The second kappa shape index (κ2) is 6.66. The molecule has 4 amide bonds. The van der Waals surface area contributed by atoms with E-state index in [-0.39, 0.29) is 30.4 Å². The Morgan fingerprint density at radius 1 is 1.15 bits per heavy atom. The Morgan fingerprint density at radius 3 is 2.59 bits per heavy atom. The molecule has 1 aliphatic carbocycles. The van der Waals surface area contributed by atoms with Gasteiger partial charge in [0.1, 0.15) is 12.1 Å². The molecular formula is C21H27N3O3. The number of rotatable bonds is 2. The molecule has 1 aromatic carbocycles. The maximum absolute atomic E-state index is 13.3. The SMILES string of the molecule is C[C@@H]1CCC[C@@H](C)N1C(=O)CN1C(=O)N[C@]2(CCCc3ccccc32)C1=O. The Balaban J connectivity index is 1.59. The van der Waals surface area contributed by atoms with Crippen molar-refractivity contribution in [3.05, 3.63) is 35.4 Å². The van der Waals surface area contributed by atoms with E-state index in [1.807, 2.05) is 43.0 Å². The Hall–Kier alpha value is -2.37. The highest BCUT2D eigenvalue weighted by Crippen LogP contribution is 2.40. The topological polar surface area (TPSA) is 69.7 Å². The molecule has 6 heteroatoms. The molecule has 1 N–H and O–H groups in total. The third-order valence-corrected chi connectivity index (χ3v) is 6.43. The largest absolute Gasteiger partial charge is 0.336 e. The van der Waals surface area contributed by atoms with Gasteiger partial charge < -0.3 is 10.2 Å². The molecule has 1 aromatic rings. The summed E-state index contributed by atoms with van der Waals surface area (Å²) in [7, 11) is 0. The summed E-state index contributed by atoms with van der Waals surface area (Å²) >= 11 is 0. The van der Waals surface area contributed by atoms with Gasteiger partial charge in [0.2, 0.25) is 5.91 Å². The van der Waals surface area contributed by atoms with Gasteiger partial charge in [-0.15, -0.1) is 0 Å². The Bertz CT molecular complexity index is 783. The van der Waals surface area contributed by atoms with Crippen LogP contribution in [-0.4, -0.2) is 46.3 Å². The monoisotopic (exact) mass is 369 g/mol. The zero-order valence-corrected chi connectivity index (χ0v) is 16.0. The van der Waals surface area contributed by atoms with Crippen molar-refractivity contribution >= 4 is 17.8 Å². The van der Waals surface area contributed by atoms with Crippen LogP contribution in [0.15, 0.2) is 24.3 Å². The van der Waals surface area contributed by atoms with Crippen LogP contribution in [0, 0.1) is 0 Å². The normalized spacial score (nSPS) is 30.4. The highest BCUT2D eigenvalue weighted by Gasteiger charge is 2.54. The van der Waals surface area contributed by atoms with Crippen LogP contribution in [0.2, 0.25) is 0 Å². The molecule has 0 radical (unpaired) electrons. The quantitative estimate of drug-likeness (QED) is 0.815. The average Bonchev–Trinajstić information content (AvgIpc) is 2.87. The van der Waals surface area contributed by atoms with Crippen LogP contribution >= 0.6 is 0 Å². The molecule has 0 bridgehead atoms. The van der Waals surface area contributed by atoms with Crippen molar-refractivity contribution in [1.29, 1.82) is 0 Å². The standard InChI is InChI=1S/C21H27N3O3/c1-14-7-5-8-15(2)24(14)18(25)13-23-19(26)21(22-20(23)27)12-6-10-16-9-3-4-11-17(16)21/h3-4,9,11,14-15H,5-8,10,12-13H2,1-2H3,(H,22,27)/t14-,15-,21+/m1/s1. The van der Waals surface area contributed by atoms with Gasteiger partial charge in [0, 0.05) is 12.1 Å². The second-order valence-electron chi connectivity index (χ2n) is 8.17. The number of imide groups is 1. The fraction of sp³-hybridized carbons (Fsp3) is 0.571. The third kappa shape index (κ3) is 2.82. The number of nitrogens with zero attached hydrogens (tertiary/aromatic N) is 2. The zero-order chi connectivity index (χ0) is 19.2. The van der Waals surface area contributed by atoms with Gasteiger partial charge in [0.15, 0.2) is 0 Å². The predicted molar refractivity (Wildman–Crippen MR) is 101 cm³/mol. The van der Waals surface area contributed by atoms with Crippen LogP contribution in [0.1, 0.15) is 57.1 Å². The second-order valence-corrected chi connectivity index (χ2v) is 8.17. The first kappa shape index (κ1) is 18.0. The highest BCUT2D eigenvalue weighted by molar-refractivity contribution is 6.09. The van der Waals surface area contributed by atoms with Gasteiger partial charge in [0.25, 0.3) is 5.91 Å². The number of hydrogen-bond donors (Lipinski definition) is 1. The molecule has 0 saturated carbocycles. The highest BCUT2D eigenvalue weighted by atomic mass is 16.2. The van der Waals surface area contributed by atoms with Crippen LogP contribution in [-0.2, 0) is 21.5 Å². The molecule has 2 aliphatic heterocycles. The van der Waals surface area contributed by atoms with Crippen LogP contribution < -0.4 is 5.32 Å². The maximum atomic E-state index is 13.3. The molecular weight excluding hydrogens is 342 g/mol. The summed E-state index contributed by atoms with van der Waals surface area (Å²) in [4.78, 5) is 41.9. The van der Waals surface area contributed by atoms with Crippen molar-refractivity contribution in [2.75, 3.05) is 6.54 Å². The number of aryl methyl sites for hydroxylation is 1. The minimum absolute atomic E-state index is 0.139. The first-order chi connectivity index (χ1) is 12.9. The number of nitrogens with one attached hydrogen (secondary N) is 1. The van der Waals surface area contributed by atoms with E-state index in [4.69, 9.17) is 0 Å². The number of carbonyl (C=O) groups excluding carboxylic acids is 3. The summed E-state index contributed by atoms with van der Waals surface area (Å²) in [5.41, 5.74) is 0.971. The number of carbonyl (C=O) groups is 3. The molecule has 2 fully saturated rings. The van der Waals surface area contributed by atoms with Crippen molar-refractivity contribution in [2.45, 2.75) is 70.0 Å². The molecule has 1 spiro atoms. The van der Waals surface area contributed by atoms with Gasteiger partial charge >= 0.3 is 6.03 Å². The van der Waals surface area contributed by atoms with E-state index >= 15 is 0 Å². The number of amides is 4. The first-order valence-electron chi connectivity index (χ1n) is 9.98. The maximum Gasteiger partial charge on any atom is 0.325 e. The summed E-state index contributed by atoms with van der Waals surface area (Å²) < 4.78 is 0. The predicted octanol–water partition coefficient (Wildman–Crippen LogP) is 2.56. The zero-order valence-electron chi connectivity index (χ0n) is 16.0. The molecule has 27 heavy (non-hydrogen) atoms. The number of fused-ring (bicyclic) bond motifs is 2. The van der Waals surface area contributed by atoms with Gasteiger partial charge in [-0.25, -0.2) is 4.79 Å². The molecule has 0 unspecified atom stereocenters. The van der Waals surface area contributed by atoms with E-state index in [0.29, 0.717) is 6.42 Å². The summed E-state index contributed by atoms with van der Waals surface area (Å²) in [6, 6.07) is 7.63. The van der Waals surface area contributed by atoms with Crippen molar-refractivity contribution in [1.82, 2.24) is 15.1 Å². The summed E-state index contributed by atoms with van der Waals surface area (Å²) in [6.45, 7) is 3.90. The lowest BCUT2D eigenvalue weighted by atomic mass is 9.76. The van der Waals surface area contributed by atoms with Crippen LogP contribution in [0.25, 0.3) is 0 Å². The molecule has 2 heterocycles. The van der Waals surface area contributed by atoms with E-state index in [1.54, 1.807) is 0 Å². The number of hydrogen-bond acceptors (Lipinski definition) is 3. The number of likely N-dealkylation sites (tertiary alicyclic amines) is 1.